The molecule has 0 aromatic carbocycles. The third-order valence-corrected chi connectivity index (χ3v) is 10.7. The zero-order valence-corrected chi connectivity index (χ0v) is 26.0. The molecule has 2 saturated heterocycles. The molecule has 0 amide bonds. The van der Waals surface area contributed by atoms with E-state index in [2.05, 4.69) is 18.2 Å². The van der Waals surface area contributed by atoms with Gasteiger partial charge < -0.3 is 33.5 Å². The average Bonchev–Trinajstić information content (AvgIpc) is 3.55. The van der Waals surface area contributed by atoms with E-state index in [-0.39, 0.29) is 72.4 Å². The minimum Gasteiger partial charge on any atom is -0.462 e. The Labute approximate surface area is 250 Å². The molecule has 42 heavy (non-hydrogen) atoms. The van der Waals surface area contributed by atoms with Crippen molar-refractivity contribution in [2.24, 2.45) is 35.5 Å². The molecule has 1 N–H and O–H groups in total. The summed E-state index contributed by atoms with van der Waals surface area (Å²) in [6, 6.07) is 0. The number of Topliss-reactive ketones (excluding diaryl/α,β-unsaturated/α-hetero) is 1. The number of aliphatic hydroxyl groups is 1. The van der Waals surface area contributed by atoms with Crippen LogP contribution in [0.2, 0.25) is 0 Å². The highest BCUT2D eigenvalue weighted by Gasteiger charge is 2.52. The van der Waals surface area contributed by atoms with Crippen LogP contribution < -0.4 is 0 Å². The normalized spacial score (nSPS) is 46.1. The number of aliphatic hydroxyl groups excluding tert-OH is 1. The van der Waals surface area contributed by atoms with E-state index < -0.39 is 24.4 Å². The van der Waals surface area contributed by atoms with E-state index in [1.807, 2.05) is 20.8 Å². The Morgan fingerprint density at radius 2 is 1.69 bits per heavy atom. The molecule has 2 aliphatic heterocycles. The van der Waals surface area contributed by atoms with E-state index in [1.165, 1.54) is 0 Å². The summed E-state index contributed by atoms with van der Waals surface area (Å²) in [5.74, 6) is -0.278. The van der Waals surface area contributed by atoms with Gasteiger partial charge in [-0.1, -0.05) is 32.1 Å². The van der Waals surface area contributed by atoms with Crippen molar-refractivity contribution >= 4 is 11.8 Å². The van der Waals surface area contributed by atoms with Crippen LogP contribution >= 0.6 is 0 Å². The first kappa shape index (κ1) is 31.8. The summed E-state index contributed by atoms with van der Waals surface area (Å²) >= 11 is 0. The maximum Gasteiger partial charge on any atom is 0.306 e. The number of ether oxygens (including phenoxy) is 6. The van der Waals surface area contributed by atoms with Gasteiger partial charge in [0.05, 0.1) is 24.7 Å². The van der Waals surface area contributed by atoms with Crippen molar-refractivity contribution < 1.29 is 43.1 Å². The molecule has 3 aliphatic carbocycles. The Bertz CT molecular complexity index is 1020. The molecule has 14 atom stereocenters. The average molecular weight is 591 g/mol. The number of ketones is 1. The highest BCUT2D eigenvalue weighted by molar-refractivity contribution is 5.99. The lowest BCUT2D eigenvalue weighted by Crippen LogP contribution is -2.59. The van der Waals surface area contributed by atoms with Crippen molar-refractivity contribution in [1.82, 2.24) is 0 Å². The molecule has 0 radical (unpaired) electrons. The molecule has 9 heteroatoms. The summed E-state index contributed by atoms with van der Waals surface area (Å²) in [5.41, 5.74) is 0.689. The predicted octanol–water partition coefficient (Wildman–Crippen LogP) is 4.01. The second kappa shape index (κ2) is 13.6. The summed E-state index contributed by atoms with van der Waals surface area (Å²) in [6.07, 6.45) is 8.39. The number of carbonyl (C=O) groups is 2. The summed E-state index contributed by atoms with van der Waals surface area (Å²) in [5, 5.41) is 10.9. The fraction of sp³-hybridized carbons (Fsp3) is 0.818. The molecule has 236 valence electrons. The molecule has 2 heterocycles. The van der Waals surface area contributed by atoms with Crippen LogP contribution in [0.15, 0.2) is 23.8 Å². The first-order valence-electron chi connectivity index (χ1n) is 15.9. The Kier molecular flexibility index (Phi) is 10.3. The molecule has 5 aliphatic rings. The van der Waals surface area contributed by atoms with E-state index in [0.29, 0.717) is 24.3 Å². The van der Waals surface area contributed by atoms with Gasteiger partial charge in [-0.15, -0.1) is 0 Å². The molecule has 0 aromatic heterocycles. The summed E-state index contributed by atoms with van der Waals surface area (Å²) in [7, 11) is 4.93. The van der Waals surface area contributed by atoms with E-state index in [4.69, 9.17) is 28.4 Å². The predicted molar refractivity (Wildman–Crippen MR) is 154 cm³/mol. The minimum absolute atomic E-state index is 0.0381. The highest BCUT2D eigenvalue weighted by Crippen LogP contribution is 2.54. The third-order valence-electron chi connectivity index (χ3n) is 10.7. The van der Waals surface area contributed by atoms with Crippen LogP contribution in [0.5, 0.6) is 0 Å². The largest absolute Gasteiger partial charge is 0.462 e. The molecule has 1 unspecified atom stereocenters. The van der Waals surface area contributed by atoms with Crippen LogP contribution in [-0.2, 0) is 38.0 Å². The van der Waals surface area contributed by atoms with E-state index in [0.717, 1.165) is 25.7 Å². The van der Waals surface area contributed by atoms with E-state index in [1.54, 1.807) is 21.3 Å². The fourth-order valence-electron chi connectivity index (χ4n) is 8.31. The molecule has 0 aromatic rings. The molecule has 0 spiro atoms. The fourth-order valence-corrected chi connectivity index (χ4v) is 8.31. The van der Waals surface area contributed by atoms with Crippen molar-refractivity contribution in [2.45, 2.75) is 115 Å². The number of methoxy groups -OCH3 is 3. The molecule has 5 rings (SSSR count). The van der Waals surface area contributed by atoms with Crippen LogP contribution in [0.25, 0.3) is 0 Å². The number of hydrogen-bond acceptors (Lipinski definition) is 9. The summed E-state index contributed by atoms with van der Waals surface area (Å²) in [4.78, 5) is 26.9. The highest BCUT2D eigenvalue weighted by atomic mass is 16.7. The van der Waals surface area contributed by atoms with Crippen LogP contribution in [0.4, 0.5) is 0 Å². The quantitative estimate of drug-likeness (QED) is 0.363. The zero-order valence-electron chi connectivity index (χ0n) is 26.0. The number of carbonyl (C=O) groups excluding carboxylic acids is 2. The first-order chi connectivity index (χ1) is 20.2. The zero-order chi connectivity index (χ0) is 30.1. The van der Waals surface area contributed by atoms with Gasteiger partial charge in [-0.3, -0.25) is 9.59 Å². The first-order valence-corrected chi connectivity index (χ1v) is 15.9. The van der Waals surface area contributed by atoms with Gasteiger partial charge in [-0.25, -0.2) is 0 Å². The molecule has 0 bridgehead atoms. The summed E-state index contributed by atoms with van der Waals surface area (Å²) < 4.78 is 35.9. The van der Waals surface area contributed by atoms with Gasteiger partial charge in [0.1, 0.15) is 24.4 Å². The topological polar surface area (TPSA) is 110 Å². The Morgan fingerprint density at radius 3 is 2.38 bits per heavy atom. The van der Waals surface area contributed by atoms with Gasteiger partial charge in [0, 0.05) is 33.2 Å². The van der Waals surface area contributed by atoms with Crippen LogP contribution in [0.3, 0.4) is 0 Å². The number of fused-ring (bicyclic) bond motifs is 5. The second-order valence-corrected chi connectivity index (χ2v) is 13.0. The van der Waals surface area contributed by atoms with Crippen molar-refractivity contribution in [2.75, 3.05) is 21.3 Å². The Hall–Kier alpha value is -1.62. The van der Waals surface area contributed by atoms with Gasteiger partial charge in [0.15, 0.2) is 12.1 Å². The number of hydrogen-bond donors (Lipinski definition) is 1. The van der Waals surface area contributed by atoms with Crippen molar-refractivity contribution in [3.8, 4) is 0 Å². The lowest BCUT2D eigenvalue weighted by atomic mass is 9.70. The number of allylic oxidation sites excluding steroid dienone is 4. The van der Waals surface area contributed by atoms with Crippen molar-refractivity contribution in [3.63, 3.8) is 0 Å². The number of rotatable bonds is 6. The summed E-state index contributed by atoms with van der Waals surface area (Å²) in [6.45, 7) is 5.80. The Morgan fingerprint density at radius 1 is 0.952 bits per heavy atom. The number of cyclic esters (lactones) is 1. The maximum absolute atomic E-state index is 13.8. The standard InChI is InChI=1S/C33H50O9/c1-7-20-9-8-10-27(34)17(2)29(36)26-15-24-22(25(26)16-28(35)41-20)12-11-19-13-21(14-23(19)24)42-33-32(39-6)31(38-5)30(37-4)18(3)40-33/h11-12,15,17-25,27,30-34H,7-10,13-14,16H2,1-6H3/t17-,18+,19-,20+,21-,22-,23-,24-,25+,27+,30+,31?,32-,33+/m1/s1. The third kappa shape index (κ3) is 6.15. The van der Waals surface area contributed by atoms with Crippen LogP contribution in [-0.4, -0.2) is 87.2 Å². The molecule has 9 nitrogen and oxygen atoms in total. The van der Waals surface area contributed by atoms with Gasteiger partial charge in [-0.2, -0.15) is 0 Å². The SMILES string of the molecule is CC[C@H]1CCC[C@H](O)[C@@H](C)C(=O)C2=C[C@@H]3[C@@H](C=C[C@@H]4C[C@@H](O[C@@H]5O[C@@H](C)[C@H](OC)C(OC)[C@H]5OC)C[C@@H]34)[C@@H]2CC(=O)O1. The van der Waals surface area contributed by atoms with Crippen LogP contribution in [0, 0.1) is 35.5 Å². The second-order valence-electron chi connectivity index (χ2n) is 13.0. The smallest absolute Gasteiger partial charge is 0.306 e. The maximum atomic E-state index is 13.8. The molecular weight excluding hydrogens is 540 g/mol. The van der Waals surface area contributed by atoms with Crippen molar-refractivity contribution in [3.05, 3.63) is 23.8 Å². The lowest BCUT2D eigenvalue weighted by molar-refractivity contribution is -0.314. The van der Waals surface area contributed by atoms with E-state index >= 15 is 0 Å². The van der Waals surface area contributed by atoms with Crippen molar-refractivity contribution in [1.29, 1.82) is 0 Å². The minimum atomic E-state index is -0.706. The van der Waals surface area contributed by atoms with Gasteiger partial charge in [0.25, 0.3) is 0 Å². The lowest BCUT2D eigenvalue weighted by Gasteiger charge is -2.44. The monoisotopic (exact) mass is 590 g/mol. The molecular formula is C33H50O9. The molecule has 1 saturated carbocycles. The van der Waals surface area contributed by atoms with Gasteiger partial charge in [-0.05, 0) is 74.7 Å². The van der Waals surface area contributed by atoms with Crippen LogP contribution in [0.1, 0.15) is 65.7 Å². The van der Waals surface area contributed by atoms with E-state index in [9.17, 15) is 14.7 Å². The van der Waals surface area contributed by atoms with Gasteiger partial charge in [0.2, 0.25) is 0 Å². The molecule has 3 fully saturated rings. The Balaban J connectivity index is 1.34. The number of esters is 1. The van der Waals surface area contributed by atoms with Gasteiger partial charge >= 0.3 is 5.97 Å².